The number of halogens is 1. The van der Waals surface area contributed by atoms with Gasteiger partial charge >= 0.3 is 0 Å². The van der Waals surface area contributed by atoms with Crippen LogP contribution in [0.3, 0.4) is 0 Å². The number of carbonyl (C=O) groups is 1. The van der Waals surface area contributed by atoms with Crippen molar-refractivity contribution in [1.29, 1.82) is 0 Å². The van der Waals surface area contributed by atoms with Gasteiger partial charge in [0.1, 0.15) is 0 Å². The highest BCUT2D eigenvalue weighted by Crippen LogP contribution is 2.19. The first-order chi connectivity index (χ1) is 15.5. The van der Waals surface area contributed by atoms with Crippen molar-refractivity contribution in [1.82, 2.24) is 15.5 Å². The minimum absolute atomic E-state index is 0. The van der Waals surface area contributed by atoms with Crippen LogP contribution in [-0.2, 0) is 17.9 Å². The fourth-order valence-corrected chi connectivity index (χ4v) is 4.18. The lowest BCUT2D eigenvalue weighted by Gasteiger charge is -2.31. The normalized spacial score (nSPS) is 17.6. The molecule has 0 saturated carbocycles. The van der Waals surface area contributed by atoms with E-state index in [1.165, 1.54) is 16.7 Å². The molecule has 2 aromatic rings. The van der Waals surface area contributed by atoms with Gasteiger partial charge in [0, 0.05) is 26.2 Å². The summed E-state index contributed by atoms with van der Waals surface area (Å²) in [6.45, 7) is 9.18. The van der Waals surface area contributed by atoms with E-state index < -0.39 is 0 Å². The zero-order chi connectivity index (χ0) is 22.8. The minimum Gasteiger partial charge on any atom is -0.369 e. The molecule has 1 saturated heterocycles. The van der Waals surface area contributed by atoms with Gasteiger partial charge in [-0.3, -0.25) is 9.69 Å². The number of piperidine rings is 1. The molecule has 7 heteroatoms. The predicted molar refractivity (Wildman–Crippen MR) is 147 cm³/mol. The lowest BCUT2D eigenvalue weighted by Crippen LogP contribution is -2.40. The molecule has 1 fully saturated rings. The molecule has 6 nitrogen and oxygen atoms in total. The number of hydrogen-bond donors (Lipinski definition) is 3. The van der Waals surface area contributed by atoms with Crippen LogP contribution in [0, 0.1) is 5.92 Å². The summed E-state index contributed by atoms with van der Waals surface area (Å²) in [5, 5.41) is 6.81. The Labute approximate surface area is 215 Å². The van der Waals surface area contributed by atoms with Crippen molar-refractivity contribution in [2.45, 2.75) is 45.7 Å². The zero-order valence-corrected chi connectivity index (χ0v) is 22.1. The number of benzene rings is 2. The van der Waals surface area contributed by atoms with Crippen molar-refractivity contribution in [3.63, 3.8) is 0 Å². The summed E-state index contributed by atoms with van der Waals surface area (Å²) < 4.78 is 0. The molecule has 1 aliphatic heterocycles. The lowest BCUT2D eigenvalue weighted by molar-refractivity contribution is -0.123. The van der Waals surface area contributed by atoms with Gasteiger partial charge in [-0.25, -0.2) is 4.99 Å². The van der Waals surface area contributed by atoms with Gasteiger partial charge in [-0.1, -0.05) is 61.5 Å². The summed E-state index contributed by atoms with van der Waals surface area (Å²) in [6.07, 6.45) is 1.93. The number of nitrogens with zero attached hydrogens (tertiary/aromatic N) is 2. The number of hydrogen-bond acceptors (Lipinski definition) is 3. The van der Waals surface area contributed by atoms with E-state index in [0.29, 0.717) is 12.5 Å². The third-order valence-corrected chi connectivity index (χ3v) is 6.01. The van der Waals surface area contributed by atoms with Crippen molar-refractivity contribution >= 4 is 35.8 Å². The Morgan fingerprint density at radius 3 is 2.64 bits per heavy atom. The van der Waals surface area contributed by atoms with Gasteiger partial charge in [-0.2, -0.15) is 0 Å². The fourth-order valence-electron chi connectivity index (χ4n) is 4.18. The molecule has 1 heterocycles. The monoisotopic (exact) mass is 563 g/mol. The average Bonchev–Trinajstić information content (AvgIpc) is 2.81. The molecule has 0 spiro atoms. The first-order valence-electron chi connectivity index (χ1n) is 11.7. The van der Waals surface area contributed by atoms with Gasteiger partial charge in [0.15, 0.2) is 5.96 Å². The SMILES string of the molecule is CCNC(=NCc1cccc(CN2CCCC(C(N)=O)C2)c1)NCC(C)c1ccccc1.I. The Balaban J connectivity index is 0.00000385. The number of nitrogens with two attached hydrogens (primary N) is 1. The molecule has 0 bridgehead atoms. The molecule has 3 rings (SSSR count). The molecule has 2 unspecified atom stereocenters. The minimum atomic E-state index is -0.178. The van der Waals surface area contributed by atoms with Crippen LogP contribution in [0.25, 0.3) is 0 Å². The van der Waals surface area contributed by atoms with E-state index in [1.54, 1.807) is 0 Å². The largest absolute Gasteiger partial charge is 0.369 e. The summed E-state index contributed by atoms with van der Waals surface area (Å²) in [4.78, 5) is 18.7. The summed E-state index contributed by atoms with van der Waals surface area (Å²) in [5.41, 5.74) is 9.27. The van der Waals surface area contributed by atoms with E-state index in [-0.39, 0.29) is 35.8 Å². The van der Waals surface area contributed by atoms with Crippen LogP contribution in [0.4, 0.5) is 0 Å². The maximum Gasteiger partial charge on any atom is 0.221 e. The fraction of sp³-hybridized carbons (Fsp3) is 0.462. The first kappa shape index (κ1) is 27.1. The molecule has 2 aromatic carbocycles. The van der Waals surface area contributed by atoms with E-state index in [0.717, 1.165) is 51.5 Å². The topological polar surface area (TPSA) is 82.8 Å². The molecule has 180 valence electrons. The number of nitrogens with one attached hydrogen (secondary N) is 2. The summed E-state index contributed by atoms with van der Waals surface area (Å²) in [7, 11) is 0. The Morgan fingerprint density at radius 2 is 1.91 bits per heavy atom. The van der Waals surface area contributed by atoms with E-state index >= 15 is 0 Å². The molecular formula is C26H38IN5O. The van der Waals surface area contributed by atoms with E-state index in [1.807, 2.05) is 6.07 Å². The van der Waals surface area contributed by atoms with Crippen LogP contribution in [0.2, 0.25) is 0 Å². The third kappa shape index (κ3) is 8.97. The smallest absolute Gasteiger partial charge is 0.221 e. The number of likely N-dealkylation sites (tertiary alicyclic amines) is 1. The zero-order valence-electron chi connectivity index (χ0n) is 19.8. The maximum absolute atomic E-state index is 11.6. The van der Waals surface area contributed by atoms with E-state index in [4.69, 9.17) is 10.7 Å². The van der Waals surface area contributed by atoms with Gasteiger partial charge in [-0.15, -0.1) is 24.0 Å². The van der Waals surface area contributed by atoms with Crippen molar-refractivity contribution < 1.29 is 4.79 Å². The molecule has 33 heavy (non-hydrogen) atoms. The Morgan fingerprint density at radius 1 is 1.15 bits per heavy atom. The van der Waals surface area contributed by atoms with Crippen molar-refractivity contribution in [2.75, 3.05) is 26.2 Å². The number of amides is 1. The first-order valence-corrected chi connectivity index (χ1v) is 11.7. The van der Waals surface area contributed by atoms with Crippen LogP contribution in [0.1, 0.15) is 49.3 Å². The molecule has 2 atom stereocenters. The number of rotatable bonds is 9. The molecule has 4 N–H and O–H groups in total. The Hall–Kier alpha value is -2.13. The number of carbonyl (C=O) groups excluding carboxylic acids is 1. The maximum atomic E-state index is 11.6. The van der Waals surface area contributed by atoms with Crippen molar-refractivity contribution in [3.05, 3.63) is 71.3 Å². The van der Waals surface area contributed by atoms with Gasteiger partial charge in [0.05, 0.1) is 12.5 Å². The van der Waals surface area contributed by atoms with Crippen LogP contribution in [0.5, 0.6) is 0 Å². The van der Waals surface area contributed by atoms with Gasteiger partial charge in [-0.05, 0) is 48.9 Å². The number of primary amides is 1. The highest BCUT2D eigenvalue weighted by atomic mass is 127. The molecule has 1 amide bonds. The van der Waals surface area contributed by atoms with Gasteiger partial charge < -0.3 is 16.4 Å². The Bertz CT molecular complexity index is 889. The quantitative estimate of drug-likeness (QED) is 0.246. The molecule has 1 aliphatic rings. The Kier molecular flexibility index (Phi) is 11.7. The third-order valence-electron chi connectivity index (χ3n) is 6.01. The summed E-state index contributed by atoms with van der Waals surface area (Å²) >= 11 is 0. The average molecular weight is 564 g/mol. The summed E-state index contributed by atoms with van der Waals surface area (Å²) in [6, 6.07) is 19.1. The van der Waals surface area contributed by atoms with Crippen LogP contribution in [0.15, 0.2) is 59.6 Å². The highest BCUT2D eigenvalue weighted by Gasteiger charge is 2.23. The van der Waals surface area contributed by atoms with E-state index in [2.05, 4.69) is 77.9 Å². The lowest BCUT2D eigenvalue weighted by atomic mass is 9.97. The standard InChI is InChI=1S/C26H37N5O.HI/c1-3-28-26(29-16-20(2)23-11-5-4-6-12-23)30-17-21-9-7-10-22(15-21)18-31-14-8-13-24(19-31)25(27)32;/h4-7,9-12,15,20,24H,3,8,13-14,16-19H2,1-2H3,(H2,27,32)(H2,28,29,30);1H. The second-order valence-electron chi connectivity index (χ2n) is 8.68. The van der Waals surface area contributed by atoms with Crippen LogP contribution < -0.4 is 16.4 Å². The molecule has 0 aromatic heterocycles. The second kappa shape index (κ2) is 14.2. The molecular weight excluding hydrogens is 525 g/mol. The van der Waals surface area contributed by atoms with Gasteiger partial charge in [0.25, 0.3) is 0 Å². The van der Waals surface area contributed by atoms with Crippen molar-refractivity contribution in [3.8, 4) is 0 Å². The summed E-state index contributed by atoms with van der Waals surface area (Å²) in [5.74, 6) is 1.03. The molecule has 0 radical (unpaired) electrons. The number of guanidine groups is 1. The highest BCUT2D eigenvalue weighted by molar-refractivity contribution is 14.0. The van der Waals surface area contributed by atoms with Crippen LogP contribution in [-0.4, -0.2) is 42.9 Å². The second-order valence-corrected chi connectivity index (χ2v) is 8.68. The van der Waals surface area contributed by atoms with Gasteiger partial charge in [0.2, 0.25) is 5.91 Å². The van der Waals surface area contributed by atoms with E-state index in [9.17, 15) is 4.79 Å². The van der Waals surface area contributed by atoms with Crippen molar-refractivity contribution in [2.24, 2.45) is 16.6 Å². The number of aliphatic imine (C=N–C) groups is 1. The van der Waals surface area contributed by atoms with Crippen LogP contribution >= 0.6 is 24.0 Å². The predicted octanol–water partition coefficient (Wildman–Crippen LogP) is 3.86. The molecule has 0 aliphatic carbocycles.